The second-order valence-electron chi connectivity index (χ2n) is 4.12. The summed E-state index contributed by atoms with van der Waals surface area (Å²) < 4.78 is 0. The van der Waals surface area contributed by atoms with Gasteiger partial charge < -0.3 is 5.11 Å². The molecule has 0 amide bonds. The van der Waals surface area contributed by atoms with Gasteiger partial charge in [0.1, 0.15) is 6.10 Å². The Morgan fingerprint density at radius 2 is 1.44 bits per heavy atom. The summed E-state index contributed by atoms with van der Waals surface area (Å²) in [6.45, 7) is 0. The Morgan fingerprint density at radius 3 is 1.94 bits per heavy atom. The minimum absolute atomic E-state index is 0. The summed E-state index contributed by atoms with van der Waals surface area (Å²) in [4.78, 5) is 5.30. The van der Waals surface area contributed by atoms with E-state index in [-0.39, 0.29) is 17.1 Å². The number of aliphatic hydroxyl groups excluding tert-OH is 1. The van der Waals surface area contributed by atoms with Crippen LogP contribution in [-0.2, 0) is 27.6 Å². The number of hydrogen-bond donors (Lipinski definition) is 2. The molecule has 3 rings (SSSR count). The number of rotatable bonds is 3. The van der Waals surface area contributed by atoms with Crippen LogP contribution in [0.5, 0.6) is 0 Å². The second kappa shape index (κ2) is 5.22. The predicted octanol–water partition coefficient (Wildman–Crippen LogP) is 2.11. The van der Waals surface area contributed by atoms with Crippen molar-refractivity contribution in [2.45, 2.75) is 11.8 Å². The van der Waals surface area contributed by atoms with E-state index in [2.05, 4.69) is 5.48 Å². The largest absolute Gasteiger partial charge is 0.383 e. The molecule has 2 aromatic carbocycles. The van der Waals surface area contributed by atoms with Crippen molar-refractivity contribution in [1.82, 2.24) is 5.48 Å². The summed E-state index contributed by atoms with van der Waals surface area (Å²) in [5.74, 6) is 0. The molecule has 2 aromatic rings. The molecule has 2 N–H and O–H groups in total. The normalized spacial score (nSPS) is 22.9. The molecule has 1 heterocycles. The zero-order valence-corrected chi connectivity index (χ0v) is 10.8. The zero-order chi connectivity index (χ0) is 11.7. The van der Waals surface area contributed by atoms with E-state index in [0.29, 0.717) is 0 Å². The summed E-state index contributed by atoms with van der Waals surface area (Å²) in [6, 6.07) is 19.2. The van der Waals surface area contributed by atoms with Gasteiger partial charge in [-0.25, -0.2) is 0 Å². The van der Waals surface area contributed by atoms with Gasteiger partial charge in [-0.1, -0.05) is 60.7 Å². The van der Waals surface area contributed by atoms with E-state index in [1.54, 1.807) is 0 Å². The Labute approximate surface area is 116 Å². The van der Waals surface area contributed by atoms with Crippen molar-refractivity contribution in [1.29, 1.82) is 0 Å². The number of benzene rings is 2. The fraction of sp³-hybridized carbons (Fsp3) is 0.143. The van der Waals surface area contributed by atoms with Crippen LogP contribution in [0.15, 0.2) is 60.7 Å². The summed E-state index contributed by atoms with van der Waals surface area (Å²) >= 11 is 0. The molecule has 1 aliphatic rings. The molecule has 1 aliphatic heterocycles. The number of nitrogens with one attached hydrogen (secondary N) is 1. The van der Waals surface area contributed by atoms with Crippen molar-refractivity contribution in [3.05, 3.63) is 71.8 Å². The summed E-state index contributed by atoms with van der Waals surface area (Å²) in [5, 5.41) is 10.4. The number of hydrogen-bond acceptors (Lipinski definition) is 3. The van der Waals surface area contributed by atoms with Crippen LogP contribution in [0.2, 0.25) is 0 Å². The van der Waals surface area contributed by atoms with Gasteiger partial charge in [0.15, 0.2) is 0 Å². The molecule has 18 heavy (non-hydrogen) atoms. The van der Waals surface area contributed by atoms with Gasteiger partial charge in [-0.15, -0.1) is 0 Å². The summed E-state index contributed by atoms with van der Waals surface area (Å²) in [7, 11) is 0. The standard InChI is InChI=1S/C14H13NO2.Mn/c16-13(11-7-3-1-4-8-11)14(15-17-14)12-9-5-2-6-10-12;/h1-10,13,15-16H;. The van der Waals surface area contributed by atoms with Crippen LogP contribution in [-0.4, -0.2) is 5.11 Å². The molecule has 3 nitrogen and oxygen atoms in total. The van der Waals surface area contributed by atoms with Crippen molar-refractivity contribution in [2.75, 3.05) is 0 Å². The molecule has 0 bridgehead atoms. The monoisotopic (exact) mass is 282 g/mol. The first-order valence-corrected chi connectivity index (χ1v) is 5.57. The van der Waals surface area contributed by atoms with Crippen molar-refractivity contribution >= 4 is 0 Å². The Balaban J connectivity index is 0.00000120. The van der Waals surface area contributed by atoms with Gasteiger partial charge in [-0.3, -0.25) is 4.84 Å². The molecule has 0 spiro atoms. The van der Waals surface area contributed by atoms with Crippen molar-refractivity contribution in [2.24, 2.45) is 0 Å². The van der Waals surface area contributed by atoms with E-state index in [4.69, 9.17) is 4.84 Å². The predicted molar refractivity (Wildman–Crippen MR) is 63.7 cm³/mol. The van der Waals surface area contributed by atoms with E-state index in [1.165, 1.54) is 0 Å². The molecular formula is C14H13MnNO2. The SMILES string of the molecule is OC(c1ccccc1)C1(c2ccccc2)NO1.[Mn]. The van der Waals surface area contributed by atoms with E-state index in [9.17, 15) is 5.11 Å². The van der Waals surface area contributed by atoms with Gasteiger partial charge in [0.05, 0.1) is 0 Å². The van der Waals surface area contributed by atoms with Gasteiger partial charge in [-0.05, 0) is 5.56 Å². The summed E-state index contributed by atoms with van der Waals surface area (Å²) in [5.41, 5.74) is 3.79. The van der Waals surface area contributed by atoms with Gasteiger partial charge in [0.25, 0.3) is 0 Å². The van der Waals surface area contributed by atoms with Gasteiger partial charge in [-0.2, -0.15) is 5.48 Å². The van der Waals surface area contributed by atoms with Crippen molar-refractivity contribution in [3.63, 3.8) is 0 Å². The molecule has 1 fully saturated rings. The maximum absolute atomic E-state index is 10.4. The first-order valence-electron chi connectivity index (χ1n) is 5.57. The van der Waals surface area contributed by atoms with Crippen LogP contribution in [0.4, 0.5) is 0 Å². The molecular weight excluding hydrogens is 269 g/mol. The third-order valence-corrected chi connectivity index (χ3v) is 3.02. The van der Waals surface area contributed by atoms with Crippen LogP contribution in [0, 0.1) is 0 Å². The van der Waals surface area contributed by atoms with E-state index < -0.39 is 11.8 Å². The number of aliphatic hydroxyl groups is 1. The maximum atomic E-state index is 10.4. The molecule has 0 aliphatic carbocycles. The average molecular weight is 282 g/mol. The van der Waals surface area contributed by atoms with Crippen LogP contribution in [0.3, 0.4) is 0 Å². The third kappa shape index (κ3) is 2.21. The molecule has 2 atom stereocenters. The molecule has 1 radical (unpaired) electrons. The molecule has 0 aromatic heterocycles. The van der Waals surface area contributed by atoms with E-state index >= 15 is 0 Å². The summed E-state index contributed by atoms with van der Waals surface area (Å²) in [6.07, 6.45) is -0.717. The van der Waals surface area contributed by atoms with Crippen molar-refractivity contribution < 1.29 is 27.0 Å². The van der Waals surface area contributed by atoms with Crippen LogP contribution in [0.1, 0.15) is 17.2 Å². The topological polar surface area (TPSA) is 54.7 Å². The van der Waals surface area contributed by atoms with E-state index in [1.807, 2.05) is 60.7 Å². The molecule has 4 heteroatoms. The van der Waals surface area contributed by atoms with Crippen LogP contribution < -0.4 is 5.48 Å². The quantitative estimate of drug-likeness (QED) is 0.669. The maximum Gasteiger partial charge on any atom is 0.217 e. The molecule has 93 valence electrons. The van der Waals surface area contributed by atoms with Gasteiger partial charge in [0, 0.05) is 22.6 Å². The molecule has 1 saturated heterocycles. The fourth-order valence-corrected chi connectivity index (χ4v) is 2.00. The van der Waals surface area contributed by atoms with Crippen molar-refractivity contribution in [3.8, 4) is 0 Å². The minimum atomic E-state index is -0.789. The number of hydroxylamine groups is 1. The van der Waals surface area contributed by atoms with E-state index in [0.717, 1.165) is 11.1 Å². The third-order valence-electron chi connectivity index (χ3n) is 3.02. The minimum Gasteiger partial charge on any atom is -0.383 e. The Morgan fingerprint density at radius 1 is 0.944 bits per heavy atom. The van der Waals surface area contributed by atoms with Gasteiger partial charge >= 0.3 is 0 Å². The Bertz CT molecular complexity index is 500. The Hall–Kier alpha value is -1.16. The van der Waals surface area contributed by atoms with Crippen LogP contribution >= 0.6 is 0 Å². The molecule has 2 unspecified atom stereocenters. The van der Waals surface area contributed by atoms with Crippen LogP contribution in [0.25, 0.3) is 0 Å². The first-order chi connectivity index (χ1) is 8.33. The second-order valence-corrected chi connectivity index (χ2v) is 4.12. The fourth-order valence-electron chi connectivity index (χ4n) is 2.00. The average Bonchev–Trinajstić information content (AvgIpc) is 3.21. The zero-order valence-electron chi connectivity index (χ0n) is 9.58. The first kappa shape index (κ1) is 13.3. The smallest absolute Gasteiger partial charge is 0.217 e. The Kier molecular flexibility index (Phi) is 3.85. The van der Waals surface area contributed by atoms with Gasteiger partial charge in [0.2, 0.25) is 5.72 Å². The molecule has 0 saturated carbocycles.